The summed E-state index contributed by atoms with van der Waals surface area (Å²) in [4.78, 5) is 22.4. The van der Waals surface area contributed by atoms with Crippen LogP contribution >= 0.6 is 34.2 Å². The Morgan fingerprint density at radius 1 is 1.29 bits per heavy atom. The summed E-state index contributed by atoms with van der Waals surface area (Å²) in [5.74, 6) is -1.10. The van der Waals surface area contributed by atoms with Crippen molar-refractivity contribution in [3.63, 3.8) is 0 Å². The van der Waals surface area contributed by atoms with Gasteiger partial charge in [-0.15, -0.1) is 0 Å². The Labute approximate surface area is 137 Å². The van der Waals surface area contributed by atoms with E-state index in [1.54, 1.807) is 0 Å². The van der Waals surface area contributed by atoms with Crippen LogP contribution in [-0.4, -0.2) is 10.8 Å². The predicted molar refractivity (Wildman–Crippen MR) is 85.2 cm³/mol. The fourth-order valence-corrected chi connectivity index (χ4v) is 2.41. The van der Waals surface area contributed by atoms with E-state index < -0.39 is 22.3 Å². The second-order valence-electron chi connectivity index (χ2n) is 4.00. The van der Waals surface area contributed by atoms with E-state index in [1.807, 2.05) is 22.6 Å². The summed E-state index contributed by atoms with van der Waals surface area (Å²) in [6, 6.07) is 7.58. The van der Waals surface area contributed by atoms with Gasteiger partial charge in [-0.1, -0.05) is 11.6 Å². The van der Waals surface area contributed by atoms with Gasteiger partial charge in [0, 0.05) is 14.7 Å². The zero-order chi connectivity index (χ0) is 15.6. The summed E-state index contributed by atoms with van der Waals surface area (Å²) < 4.78 is 13.5. The summed E-state index contributed by atoms with van der Waals surface area (Å²) in [5.41, 5.74) is -0.145. The van der Waals surface area contributed by atoms with E-state index in [1.165, 1.54) is 30.3 Å². The topological polar surface area (TPSA) is 72.2 Å². The van der Waals surface area contributed by atoms with Gasteiger partial charge in [-0.05, 0) is 52.9 Å². The summed E-state index contributed by atoms with van der Waals surface area (Å²) in [6.07, 6.45) is 0. The molecule has 1 amide bonds. The van der Waals surface area contributed by atoms with Crippen molar-refractivity contribution in [3.05, 3.63) is 66.5 Å². The second kappa shape index (κ2) is 6.35. The lowest BCUT2D eigenvalue weighted by Crippen LogP contribution is -2.14. The van der Waals surface area contributed by atoms with Crippen LogP contribution in [0.3, 0.4) is 0 Å². The summed E-state index contributed by atoms with van der Waals surface area (Å²) in [6.45, 7) is 0. The molecule has 0 aromatic heterocycles. The van der Waals surface area contributed by atoms with Gasteiger partial charge in [-0.2, -0.15) is 0 Å². The lowest BCUT2D eigenvalue weighted by atomic mass is 10.1. The third-order valence-electron chi connectivity index (χ3n) is 2.58. The first-order chi connectivity index (χ1) is 9.88. The maximum atomic E-state index is 13.0. The van der Waals surface area contributed by atoms with Crippen molar-refractivity contribution in [3.8, 4) is 0 Å². The number of hydrogen-bond donors (Lipinski definition) is 1. The van der Waals surface area contributed by atoms with Crippen LogP contribution < -0.4 is 5.32 Å². The number of rotatable bonds is 3. The minimum absolute atomic E-state index is 0.121. The SMILES string of the molecule is O=C(Nc1ccc(F)cc1I)c1ccc(Cl)cc1[N+](=O)[O-]. The van der Waals surface area contributed by atoms with Gasteiger partial charge >= 0.3 is 0 Å². The van der Waals surface area contributed by atoms with E-state index in [2.05, 4.69) is 5.32 Å². The maximum absolute atomic E-state index is 13.0. The molecule has 5 nitrogen and oxygen atoms in total. The lowest BCUT2D eigenvalue weighted by molar-refractivity contribution is -0.385. The summed E-state index contributed by atoms with van der Waals surface area (Å²) in [7, 11) is 0. The molecular formula is C13H7ClFIN2O3. The Kier molecular flexibility index (Phi) is 4.73. The molecule has 0 bridgehead atoms. The molecule has 0 saturated carbocycles. The van der Waals surface area contributed by atoms with Crippen LogP contribution in [0.4, 0.5) is 15.8 Å². The maximum Gasteiger partial charge on any atom is 0.283 e. The molecule has 2 aromatic rings. The molecule has 0 spiro atoms. The van der Waals surface area contributed by atoms with Gasteiger partial charge in [0.2, 0.25) is 0 Å². The molecule has 0 unspecified atom stereocenters. The molecule has 0 aliphatic carbocycles. The number of nitro groups is 1. The Balaban J connectivity index is 2.34. The van der Waals surface area contributed by atoms with Gasteiger partial charge in [0.15, 0.2) is 0 Å². The number of halogens is 3. The number of nitrogens with one attached hydrogen (secondary N) is 1. The molecule has 21 heavy (non-hydrogen) atoms. The van der Waals surface area contributed by atoms with Crippen molar-refractivity contribution < 1.29 is 14.1 Å². The van der Waals surface area contributed by atoms with Crippen molar-refractivity contribution in [2.75, 3.05) is 5.32 Å². The van der Waals surface area contributed by atoms with Crippen LogP contribution in [0.1, 0.15) is 10.4 Å². The molecule has 0 radical (unpaired) electrons. The predicted octanol–water partition coefficient (Wildman–Crippen LogP) is 4.24. The lowest BCUT2D eigenvalue weighted by Gasteiger charge is -2.08. The number of benzene rings is 2. The zero-order valence-electron chi connectivity index (χ0n) is 10.3. The first-order valence-corrected chi connectivity index (χ1v) is 7.04. The number of amides is 1. The van der Waals surface area contributed by atoms with Crippen molar-refractivity contribution in [1.29, 1.82) is 0 Å². The number of nitro benzene ring substituents is 1. The quantitative estimate of drug-likeness (QED) is 0.458. The smallest absolute Gasteiger partial charge is 0.283 e. The van der Waals surface area contributed by atoms with Crippen LogP contribution in [0.2, 0.25) is 5.02 Å². The highest BCUT2D eigenvalue weighted by atomic mass is 127. The molecule has 0 aliphatic rings. The second-order valence-corrected chi connectivity index (χ2v) is 5.60. The van der Waals surface area contributed by atoms with Gasteiger partial charge < -0.3 is 5.32 Å². The van der Waals surface area contributed by atoms with Gasteiger partial charge in [-0.3, -0.25) is 14.9 Å². The number of nitrogens with zero attached hydrogens (tertiary/aromatic N) is 1. The van der Waals surface area contributed by atoms with E-state index in [9.17, 15) is 19.3 Å². The van der Waals surface area contributed by atoms with Crippen molar-refractivity contribution in [1.82, 2.24) is 0 Å². The molecule has 0 aliphatic heterocycles. The number of carbonyl (C=O) groups excluding carboxylic acids is 1. The molecule has 2 rings (SSSR count). The standard InChI is InChI=1S/C13H7ClFIN2O3/c14-7-1-3-9(12(5-7)18(20)21)13(19)17-11-4-2-8(15)6-10(11)16/h1-6H,(H,17,19). The van der Waals surface area contributed by atoms with Gasteiger partial charge in [0.25, 0.3) is 11.6 Å². The van der Waals surface area contributed by atoms with E-state index in [-0.39, 0.29) is 10.6 Å². The van der Waals surface area contributed by atoms with Crippen LogP contribution in [0, 0.1) is 19.5 Å². The average Bonchev–Trinajstić information content (AvgIpc) is 2.41. The minimum atomic E-state index is -0.684. The number of hydrogen-bond acceptors (Lipinski definition) is 3. The van der Waals surface area contributed by atoms with E-state index in [0.717, 1.165) is 6.07 Å². The number of anilines is 1. The van der Waals surface area contributed by atoms with Crippen LogP contribution in [0.25, 0.3) is 0 Å². The molecular weight excluding hydrogens is 414 g/mol. The Hall–Kier alpha value is -1.74. The number of carbonyl (C=O) groups is 1. The Morgan fingerprint density at radius 2 is 2.00 bits per heavy atom. The van der Waals surface area contributed by atoms with E-state index in [4.69, 9.17) is 11.6 Å². The molecule has 0 atom stereocenters. The highest BCUT2D eigenvalue weighted by Gasteiger charge is 2.21. The molecule has 0 heterocycles. The van der Waals surface area contributed by atoms with Gasteiger partial charge in [0.1, 0.15) is 11.4 Å². The largest absolute Gasteiger partial charge is 0.321 e. The normalized spacial score (nSPS) is 10.2. The highest BCUT2D eigenvalue weighted by Crippen LogP contribution is 2.25. The van der Waals surface area contributed by atoms with Gasteiger partial charge in [0.05, 0.1) is 10.6 Å². The third-order valence-corrected chi connectivity index (χ3v) is 3.71. The Morgan fingerprint density at radius 3 is 2.62 bits per heavy atom. The summed E-state index contributed by atoms with van der Waals surface area (Å²) in [5, 5.41) is 13.6. The van der Waals surface area contributed by atoms with Crippen LogP contribution in [0.15, 0.2) is 36.4 Å². The molecule has 8 heteroatoms. The van der Waals surface area contributed by atoms with Crippen LogP contribution in [0.5, 0.6) is 0 Å². The molecule has 108 valence electrons. The first-order valence-electron chi connectivity index (χ1n) is 5.59. The molecule has 0 saturated heterocycles. The Bertz CT molecular complexity index is 739. The fourth-order valence-electron chi connectivity index (χ4n) is 1.63. The first kappa shape index (κ1) is 15.6. The molecule has 1 N–H and O–H groups in total. The van der Waals surface area contributed by atoms with E-state index in [0.29, 0.717) is 9.26 Å². The monoisotopic (exact) mass is 420 g/mol. The third kappa shape index (κ3) is 3.67. The highest BCUT2D eigenvalue weighted by molar-refractivity contribution is 14.1. The van der Waals surface area contributed by atoms with Crippen molar-refractivity contribution >= 4 is 51.5 Å². The van der Waals surface area contributed by atoms with Crippen LogP contribution in [-0.2, 0) is 0 Å². The van der Waals surface area contributed by atoms with Gasteiger partial charge in [-0.25, -0.2) is 4.39 Å². The average molecular weight is 421 g/mol. The van der Waals surface area contributed by atoms with Crippen molar-refractivity contribution in [2.24, 2.45) is 0 Å². The summed E-state index contributed by atoms with van der Waals surface area (Å²) >= 11 is 7.55. The van der Waals surface area contributed by atoms with E-state index >= 15 is 0 Å². The molecule has 0 fully saturated rings. The van der Waals surface area contributed by atoms with Crippen molar-refractivity contribution in [2.45, 2.75) is 0 Å². The zero-order valence-corrected chi connectivity index (χ0v) is 13.2. The molecule has 2 aromatic carbocycles. The minimum Gasteiger partial charge on any atom is -0.321 e. The fraction of sp³-hybridized carbons (Fsp3) is 0.